The Balaban J connectivity index is 1.91. The summed E-state index contributed by atoms with van der Waals surface area (Å²) in [6, 6.07) is 12.3. The molecule has 1 aromatic heterocycles. The number of para-hydroxylation sites is 1. The molecular formula is C21H22N4O4. The first kappa shape index (κ1) is 20.1. The van der Waals surface area contributed by atoms with Gasteiger partial charge in [0.2, 0.25) is 5.91 Å². The fourth-order valence-corrected chi connectivity index (χ4v) is 2.92. The predicted molar refractivity (Wildman–Crippen MR) is 110 cm³/mol. The SMILES string of the molecule is CCCNC(=O)C(C)NC(=O)c1ccc2c(=O)n(-c3ccccc3)c(=O)[nH]c2c1. The van der Waals surface area contributed by atoms with Crippen molar-refractivity contribution in [1.82, 2.24) is 20.2 Å². The van der Waals surface area contributed by atoms with Gasteiger partial charge in [-0.05, 0) is 43.7 Å². The van der Waals surface area contributed by atoms with Gasteiger partial charge in [-0.15, -0.1) is 0 Å². The zero-order chi connectivity index (χ0) is 21.0. The van der Waals surface area contributed by atoms with E-state index in [4.69, 9.17) is 0 Å². The summed E-state index contributed by atoms with van der Waals surface area (Å²) in [5.74, 6) is -0.751. The van der Waals surface area contributed by atoms with Crippen LogP contribution in [0.4, 0.5) is 0 Å². The van der Waals surface area contributed by atoms with E-state index in [1.54, 1.807) is 37.3 Å². The largest absolute Gasteiger partial charge is 0.354 e. The topological polar surface area (TPSA) is 113 Å². The molecule has 3 rings (SSSR count). The molecule has 3 aromatic rings. The average Bonchev–Trinajstić information content (AvgIpc) is 2.72. The molecular weight excluding hydrogens is 372 g/mol. The molecule has 1 atom stereocenters. The first-order valence-corrected chi connectivity index (χ1v) is 9.35. The van der Waals surface area contributed by atoms with Crippen molar-refractivity contribution in [3.05, 3.63) is 74.9 Å². The number of aromatic nitrogens is 2. The monoisotopic (exact) mass is 394 g/mol. The zero-order valence-electron chi connectivity index (χ0n) is 16.2. The quantitative estimate of drug-likeness (QED) is 0.585. The number of hydrogen-bond donors (Lipinski definition) is 3. The summed E-state index contributed by atoms with van der Waals surface area (Å²) >= 11 is 0. The summed E-state index contributed by atoms with van der Waals surface area (Å²) in [6.45, 7) is 4.05. The van der Waals surface area contributed by atoms with Gasteiger partial charge in [0.15, 0.2) is 0 Å². The minimum Gasteiger partial charge on any atom is -0.354 e. The molecule has 0 fully saturated rings. The summed E-state index contributed by atoms with van der Waals surface area (Å²) in [5, 5.41) is 5.60. The lowest BCUT2D eigenvalue weighted by molar-refractivity contribution is -0.122. The standard InChI is InChI=1S/C21H22N4O4/c1-3-11-22-18(26)13(2)23-19(27)14-9-10-16-17(12-14)24-21(29)25(20(16)28)15-7-5-4-6-8-15/h4-10,12-13H,3,11H2,1-2H3,(H,22,26)(H,23,27)(H,24,29). The third-order valence-corrected chi connectivity index (χ3v) is 4.46. The van der Waals surface area contributed by atoms with Gasteiger partial charge < -0.3 is 15.6 Å². The maximum absolute atomic E-state index is 12.8. The Kier molecular flexibility index (Phi) is 5.92. The molecule has 1 unspecified atom stereocenters. The fourth-order valence-electron chi connectivity index (χ4n) is 2.92. The van der Waals surface area contributed by atoms with Crippen LogP contribution >= 0.6 is 0 Å². The highest BCUT2D eigenvalue weighted by Crippen LogP contribution is 2.11. The Morgan fingerprint density at radius 1 is 1.10 bits per heavy atom. The molecule has 8 heteroatoms. The Hall–Kier alpha value is -3.68. The minimum atomic E-state index is -0.713. The van der Waals surface area contributed by atoms with Gasteiger partial charge in [0.1, 0.15) is 6.04 Å². The van der Waals surface area contributed by atoms with E-state index in [1.807, 2.05) is 6.92 Å². The van der Waals surface area contributed by atoms with Crippen molar-refractivity contribution >= 4 is 22.7 Å². The molecule has 3 N–H and O–H groups in total. The van der Waals surface area contributed by atoms with Crippen LogP contribution in [0.15, 0.2) is 58.1 Å². The van der Waals surface area contributed by atoms with Gasteiger partial charge in [-0.1, -0.05) is 25.1 Å². The maximum atomic E-state index is 12.8. The van der Waals surface area contributed by atoms with Crippen LogP contribution in [0.2, 0.25) is 0 Å². The third kappa shape index (κ3) is 4.26. The van der Waals surface area contributed by atoms with Crippen molar-refractivity contribution in [2.75, 3.05) is 6.54 Å². The van der Waals surface area contributed by atoms with Gasteiger partial charge >= 0.3 is 5.69 Å². The summed E-state index contributed by atoms with van der Waals surface area (Å²) in [6.07, 6.45) is 0.797. The summed E-state index contributed by atoms with van der Waals surface area (Å²) in [7, 11) is 0. The number of hydrogen-bond acceptors (Lipinski definition) is 4. The first-order valence-electron chi connectivity index (χ1n) is 9.35. The molecule has 0 aliphatic rings. The number of fused-ring (bicyclic) bond motifs is 1. The first-order chi connectivity index (χ1) is 13.9. The van der Waals surface area contributed by atoms with Crippen LogP contribution in [-0.2, 0) is 4.79 Å². The van der Waals surface area contributed by atoms with Crippen LogP contribution in [0.1, 0.15) is 30.6 Å². The highest BCUT2D eigenvalue weighted by Gasteiger charge is 2.17. The van der Waals surface area contributed by atoms with Gasteiger partial charge in [0, 0.05) is 12.1 Å². The van der Waals surface area contributed by atoms with Gasteiger partial charge in [0.05, 0.1) is 16.6 Å². The molecule has 8 nitrogen and oxygen atoms in total. The van der Waals surface area contributed by atoms with Crippen molar-refractivity contribution in [3.8, 4) is 5.69 Å². The average molecular weight is 394 g/mol. The molecule has 0 aliphatic heterocycles. The van der Waals surface area contributed by atoms with E-state index in [0.29, 0.717) is 12.2 Å². The highest BCUT2D eigenvalue weighted by molar-refractivity contribution is 5.99. The Bertz CT molecular complexity index is 1160. The van der Waals surface area contributed by atoms with Crippen molar-refractivity contribution in [1.29, 1.82) is 0 Å². The molecule has 0 radical (unpaired) electrons. The second-order valence-electron chi connectivity index (χ2n) is 6.65. The summed E-state index contributed by atoms with van der Waals surface area (Å²) in [5.41, 5.74) is -0.134. The van der Waals surface area contributed by atoms with Crippen molar-refractivity contribution in [2.45, 2.75) is 26.3 Å². The highest BCUT2D eigenvalue weighted by atomic mass is 16.2. The van der Waals surface area contributed by atoms with Crippen LogP contribution in [0.3, 0.4) is 0 Å². The molecule has 150 valence electrons. The zero-order valence-corrected chi connectivity index (χ0v) is 16.2. The van der Waals surface area contributed by atoms with E-state index >= 15 is 0 Å². The van der Waals surface area contributed by atoms with Gasteiger partial charge in [-0.25, -0.2) is 9.36 Å². The minimum absolute atomic E-state index is 0.236. The molecule has 0 saturated carbocycles. The number of benzene rings is 2. The normalized spacial score (nSPS) is 11.8. The number of rotatable bonds is 6. The third-order valence-electron chi connectivity index (χ3n) is 4.46. The maximum Gasteiger partial charge on any atom is 0.333 e. The molecule has 0 bridgehead atoms. The number of aromatic amines is 1. The Morgan fingerprint density at radius 3 is 2.52 bits per heavy atom. The number of H-pyrrole nitrogens is 1. The molecule has 0 spiro atoms. The van der Waals surface area contributed by atoms with Crippen LogP contribution in [0.25, 0.3) is 16.6 Å². The molecule has 29 heavy (non-hydrogen) atoms. The lowest BCUT2D eigenvalue weighted by Gasteiger charge is -2.14. The molecule has 1 heterocycles. The number of carbonyl (C=O) groups is 2. The molecule has 0 aliphatic carbocycles. The predicted octanol–water partition coefficient (Wildman–Crippen LogP) is 1.32. The smallest absolute Gasteiger partial charge is 0.333 e. The summed E-state index contributed by atoms with van der Waals surface area (Å²) < 4.78 is 1.04. The van der Waals surface area contributed by atoms with Crippen LogP contribution in [0.5, 0.6) is 0 Å². The lowest BCUT2D eigenvalue weighted by Crippen LogP contribution is -2.45. The van der Waals surface area contributed by atoms with E-state index in [2.05, 4.69) is 15.6 Å². The molecule has 0 saturated heterocycles. The van der Waals surface area contributed by atoms with Gasteiger partial charge in [-0.2, -0.15) is 0 Å². The van der Waals surface area contributed by atoms with Crippen LogP contribution in [-0.4, -0.2) is 34.0 Å². The van der Waals surface area contributed by atoms with Gasteiger partial charge in [-0.3, -0.25) is 14.4 Å². The number of amides is 2. The Morgan fingerprint density at radius 2 is 1.83 bits per heavy atom. The van der Waals surface area contributed by atoms with E-state index in [0.717, 1.165) is 11.0 Å². The second kappa shape index (κ2) is 8.55. The van der Waals surface area contributed by atoms with E-state index in [9.17, 15) is 19.2 Å². The molecule has 2 amide bonds. The number of nitrogens with zero attached hydrogens (tertiary/aromatic N) is 1. The van der Waals surface area contributed by atoms with E-state index in [1.165, 1.54) is 18.2 Å². The molecule has 2 aromatic carbocycles. The Labute approximate surface area is 166 Å². The number of carbonyl (C=O) groups excluding carboxylic acids is 2. The van der Waals surface area contributed by atoms with E-state index < -0.39 is 23.2 Å². The number of nitrogens with one attached hydrogen (secondary N) is 3. The fraction of sp³-hybridized carbons (Fsp3) is 0.238. The second-order valence-corrected chi connectivity index (χ2v) is 6.65. The van der Waals surface area contributed by atoms with E-state index in [-0.39, 0.29) is 22.4 Å². The van der Waals surface area contributed by atoms with Crippen molar-refractivity contribution in [2.24, 2.45) is 0 Å². The van der Waals surface area contributed by atoms with Crippen molar-refractivity contribution in [3.63, 3.8) is 0 Å². The van der Waals surface area contributed by atoms with Crippen molar-refractivity contribution < 1.29 is 9.59 Å². The van der Waals surface area contributed by atoms with Gasteiger partial charge in [0.25, 0.3) is 11.5 Å². The summed E-state index contributed by atoms with van der Waals surface area (Å²) in [4.78, 5) is 52.3. The lowest BCUT2D eigenvalue weighted by atomic mass is 10.1. The van der Waals surface area contributed by atoms with Crippen LogP contribution < -0.4 is 21.9 Å². The van der Waals surface area contributed by atoms with Crippen LogP contribution in [0, 0.1) is 0 Å².